The summed E-state index contributed by atoms with van der Waals surface area (Å²) in [4.78, 5) is 17.4. The van der Waals surface area contributed by atoms with Crippen LogP contribution in [0.5, 0.6) is 5.75 Å². The van der Waals surface area contributed by atoms with Gasteiger partial charge in [-0.25, -0.2) is 0 Å². The van der Waals surface area contributed by atoms with Gasteiger partial charge in [0.1, 0.15) is 5.75 Å². The van der Waals surface area contributed by atoms with E-state index in [1.54, 1.807) is 30.1 Å². The number of rotatable bonds is 9. The minimum atomic E-state index is -4.69. The zero-order valence-corrected chi connectivity index (χ0v) is 23.6. The molecule has 3 atom stereocenters. The Morgan fingerprint density at radius 3 is 2.54 bits per heavy atom. The van der Waals surface area contributed by atoms with E-state index in [2.05, 4.69) is 45.6 Å². The van der Waals surface area contributed by atoms with Gasteiger partial charge < -0.3 is 15.0 Å². The van der Waals surface area contributed by atoms with Gasteiger partial charge in [0.25, 0.3) is 0 Å². The number of likely N-dealkylation sites (tertiary alicyclic amines) is 1. The van der Waals surface area contributed by atoms with Crippen LogP contribution >= 0.6 is 23.1 Å². The summed E-state index contributed by atoms with van der Waals surface area (Å²) < 4.78 is 41.0. The average Bonchev–Trinajstić information content (AvgIpc) is 3.42. The molecule has 10 nitrogen and oxygen atoms in total. The van der Waals surface area contributed by atoms with Gasteiger partial charge in [-0.05, 0) is 68.1 Å². The maximum atomic E-state index is 12.9. The largest absolute Gasteiger partial charge is 0.573 e. The zero-order valence-electron chi connectivity index (χ0n) is 22.0. The first-order valence-electron chi connectivity index (χ1n) is 13.5. The lowest BCUT2D eigenvalue weighted by Crippen LogP contribution is -2.36. The van der Waals surface area contributed by atoms with Crippen molar-refractivity contribution in [2.45, 2.75) is 48.7 Å². The van der Waals surface area contributed by atoms with Gasteiger partial charge in [-0.3, -0.25) is 15.0 Å². The number of piperidine rings is 1. The van der Waals surface area contributed by atoms with Crippen LogP contribution in [0.3, 0.4) is 0 Å². The topological polar surface area (TPSA) is 108 Å². The van der Waals surface area contributed by atoms with Gasteiger partial charge in [-0.2, -0.15) is 5.10 Å². The monoisotopic (exact) mass is 606 g/mol. The third-order valence-electron chi connectivity index (χ3n) is 7.50. The third-order valence-corrected chi connectivity index (χ3v) is 9.72. The standard InChI is InChI=1S/C26H29F3N8O2S2/c27-26(28,29)39-19-5-3-16(4-6-19)14-36-11-7-17(8-12-36)21-22(40-21)23(38)32-25-35-34-24(41-25)31-18-9-13-37(15-18)20-2-1-10-30-33-20/h1-6,10,17-18,21-22H,7-9,11-15H2,(H,31,34)(H,32,35,38). The number of amides is 1. The van der Waals surface area contributed by atoms with Crippen LogP contribution < -0.4 is 20.3 Å². The quantitative estimate of drug-likeness (QED) is 0.343. The van der Waals surface area contributed by atoms with Crippen LogP contribution in [0.1, 0.15) is 24.8 Å². The van der Waals surface area contributed by atoms with E-state index in [1.807, 2.05) is 12.1 Å². The second kappa shape index (κ2) is 12.0. The Morgan fingerprint density at radius 1 is 1.02 bits per heavy atom. The Kier molecular flexibility index (Phi) is 8.17. The van der Waals surface area contributed by atoms with Crippen LogP contribution in [0, 0.1) is 5.92 Å². The van der Waals surface area contributed by atoms with Crippen molar-refractivity contribution in [1.82, 2.24) is 25.3 Å². The molecule has 0 aliphatic carbocycles. The Balaban J connectivity index is 0.912. The fourth-order valence-corrected chi connectivity index (χ4v) is 7.41. The number of carbonyl (C=O) groups excluding carboxylic acids is 1. The van der Waals surface area contributed by atoms with E-state index in [0.29, 0.717) is 28.0 Å². The molecule has 3 aromatic rings. The van der Waals surface area contributed by atoms with Crippen molar-refractivity contribution in [1.29, 1.82) is 0 Å². The minimum absolute atomic E-state index is 0.0269. The lowest BCUT2D eigenvalue weighted by atomic mass is 9.92. The number of anilines is 3. The first-order chi connectivity index (χ1) is 19.8. The van der Waals surface area contributed by atoms with E-state index in [9.17, 15) is 18.0 Å². The maximum Gasteiger partial charge on any atom is 0.573 e. The number of hydrogen-bond acceptors (Lipinski definition) is 11. The number of thioether (sulfide) groups is 1. The Bertz CT molecular complexity index is 1320. The van der Waals surface area contributed by atoms with Crippen LogP contribution in [-0.4, -0.2) is 80.3 Å². The second-order valence-electron chi connectivity index (χ2n) is 10.4. The van der Waals surface area contributed by atoms with Gasteiger partial charge >= 0.3 is 6.36 Å². The predicted octanol–water partition coefficient (Wildman–Crippen LogP) is 4.25. The maximum absolute atomic E-state index is 12.9. The summed E-state index contributed by atoms with van der Waals surface area (Å²) in [5.74, 6) is 1.08. The van der Waals surface area contributed by atoms with Gasteiger partial charge in [0, 0.05) is 37.1 Å². The highest BCUT2D eigenvalue weighted by Gasteiger charge is 2.49. The van der Waals surface area contributed by atoms with E-state index in [1.165, 1.54) is 23.5 Å². The van der Waals surface area contributed by atoms with Crippen LogP contribution in [0.2, 0.25) is 0 Å². The number of carbonyl (C=O) groups is 1. The van der Waals surface area contributed by atoms with Crippen molar-refractivity contribution in [2.24, 2.45) is 5.92 Å². The molecule has 15 heteroatoms. The molecule has 218 valence electrons. The van der Waals surface area contributed by atoms with E-state index < -0.39 is 6.36 Å². The molecule has 5 heterocycles. The summed E-state index contributed by atoms with van der Waals surface area (Å²) in [5, 5.41) is 24.2. The average molecular weight is 607 g/mol. The molecule has 41 heavy (non-hydrogen) atoms. The fourth-order valence-electron chi connectivity index (χ4n) is 5.42. The molecule has 3 unspecified atom stereocenters. The number of halogens is 3. The number of nitrogens with zero attached hydrogens (tertiary/aromatic N) is 6. The Morgan fingerprint density at radius 2 is 1.80 bits per heavy atom. The molecule has 1 amide bonds. The molecule has 6 rings (SSSR count). The first kappa shape index (κ1) is 28.0. The molecule has 2 N–H and O–H groups in total. The molecule has 2 aromatic heterocycles. The Labute approximate surface area is 243 Å². The zero-order chi connectivity index (χ0) is 28.4. The molecule has 0 saturated carbocycles. The highest BCUT2D eigenvalue weighted by molar-refractivity contribution is 8.08. The van der Waals surface area contributed by atoms with Gasteiger partial charge in [0.2, 0.25) is 16.2 Å². The molecule has 0 bridgehead atoms. The van der Waals surface area contributed by atoms with Crippen molar-refractivity contribution in [3.05, 3.63) is 48.2 Å². The summed E-state index contributed by atoms with van der Waals surface area (Å²) in [6.45, 7) is 4.12. The molecule has 3 saturated heterocycles. The van der Waals surface area contributed by atoms with Crippen LogP contribution in [-0.2, 0) is 11.3 Å². The van der Waals surface area contributed by atoms with Crippen molar-refractivity contribution >= 4 is 45.1 Å². The van der Waals surface area contributed by atoms with Crippen LogP contribution in [0.4, 0.5) is 29.3 Å². The van der Waals surface area contributed by atoms with Crippen molar-refractivity contribution in [3.8, 4) is 5.75 Å². The smallest absolute Gasteiger partial charge is 0.406 e. The number of ether oxygens (including phenoxy) is 1. The molecule has 3 fully saturated rings. The number of benzene rings is 1. The number of alkyl halides is 3. The lowest BCUT2D eigenvalue weighted by molar-refractivity contribution is -0.274. The van der Waals surface area contributed by atoms with Crippen LogP contribution in [0.25, 0.3) is 0 Å². The molecule has 0 spiro atoms. The summed E-state index contributed by atoms with van der Waals surface area (Å²) >= 11 is 3.04. The number of aromatic nitrogens is 4. The van der Waals surface area contributed by atoms with E-state index in [0.717, 1.165) is 56.8 Å². The van der Waals surface area contributed by atoms with Gasteiger partial charge in [-0.1, -0.05) is 23.5 Å². The highest BCUT2D eigenvalue weighted by atomic mass is 32.2. The van der Waals surface area contributed by atoms with E-state index in [-0.39, 0.29) is 22.9 Å². The third kappa shape index (κ3) is 7.38. The number of nitrogens with one attached hydrogen (secondary N) is 2. The second-order valence-corrected chi connectivity index (χ2v) is 12.7. The van der Waals surface area contributed by atoms with Crippen molar-refractivity contribution < 1.29 is 22.7 Å². The molecule has 3 aliphatic rings. The van der Waals surface area contributed by atoms with Gasteiger partial charge in [-0.15, -0.1) is 40.2 Å². The summed E-state index contributed by atoms with van der Waals surface area (Å²) in [6, 6.07) is 10.1. The van der Waals surface area contributed by atoms with Crippen molar-refractivity contribution in [3.63, 3.8) is 0 Å². The molecular weight excluding hydrogens is 577 g/mol. The van der Waals surface area contributed by atoms with E-state index >= 15 is 0 Å². The van der Waals surface area contributed by atoms with Gasteiger partial charge in [0.15, 0.2) is 5.82 Å². The SMILES string of the molecule is O=C(Nc1nnc(NC2CCN(c3cccnn3)C2)s1)C1SC1C1CCN(Cc2ccc(OC(F)(F)F)cc2)CC1. The summed E-state index contributed by atoms with van der Waals surface area (Å²) in [7, 11) is 0. The molecule has 3 aliphatic heterocycles. The number of hydrogen-bond donors (Lipinski definition) is 2. The summed E-state index contributed by atoms with van der Waals surface area (Å²) in [5.41, 5.74) is 0.942. The highest BCUT2D eigenvalue weighted by Crippen LogP contribution is 2.50. The molecule has 1 aromatic carbocycles. The minimum Gasteiger partial charge on any atom is -0.406 e. The van der Waals surface area contributed by atoms with Gasteiger partial charge in [0.05, 0.1) is 5.25 Å². The fraction of sp³-hybridized carbons (Fsp3) is 0.500. The molecular formula is C26H29F3N8O2S2. The van der Waals surface area contributed by atoms with Crippen molar-refractivity contribution in [2.75, 3.05) is 41.7 Å². The van der Waals surface area contributed by atoms with E-state index in [4.69, 9.17) is 0 Å². The Hall–Kier alpha value is -3.17. The molecule has 0 radical (unpaired) electrons. The first-order valence-corrected chi connectivity index (χ1v) is 15.2. The summed E-state index contributed by atoms with van der Waals surface area (Å²) in [6.07, 6.45) is -0.117. The predicted molar refractivity (Wildman–Crippen MR) is 151 cm³/mol. The normalized spacial score (nSPS) is 23.4. The van der Waals surface area contributed by atoms with Crippen LogP contribution in [0.15, 0.2) is 42.6 Å². The lowest BCUT2D eigenvalue weighted by Gasteiger charge is -2.31.